The second-order valence-corrected chi connectivity index (χ2v) is 8.71. The molecule has 0 spiro atoms. The van der Waals surface area contributed by atoms with Crippen LogP contribution in [0.15, 0.2) is 61.3 Å². The van der Waals surface area contributed by atoms with Crippen molar-refractivity contribution in [3.63, 3.8) is 0 Å². The van der Waals surface area contributed by atoms with Crippen molar-refractivity contribution in [1.29, 1.82) is 0 Å². The van der Waals surface area contributed by atoms with Crippen LogP contribution in [0.2, 0.25) is 5.02 Å². The molecule has 1 aliphatic rings. The van der Waals surface area contributed by atoms with Gasteiger partial charge < -0.3 is 19.9 Å². The first-order valence-electron chi connectivity index (χ1n) is 11.6. The Bertz CT molecular complexity index is 1560. The van der Waals surface area contributed by atoms with Crippen LogP contribution < -0.4 is 10.1 Å². The van der Waals surface area contributed by atoms with Crippen molar-refractivity contribution in [1.82, 2.24) is 35.1 Å². The molecule has 0 atom stereocenters. The Morgan fingerprint density at radius 2 is 1.84 bits per heavy atom. The molecule has 188 valence electrons. The van der Waals surface area contributed by atoms with Gasteiger partial charge >= 0.3 is 6.01 Å². The Hall–Kier alpha value is -4.15. The second-order valence-electron chi connectivity index (χ2n) is 8.30. The van der Waals surface area contributed by atoms with Gasteiger partial charge in [0.2, 0.25) is 5.91 Å². The number of aromatic nitrogens is 5. The first-order valence-corrected chi connectivity index (χ1v) is 12.0. The summed E-state index contributed by atoms with van der Waals surface area (Å²) < 4.78 is 20.4. The normalized spacial score (nSPS) is 13.3. The average molecular weight is 520 g/mol. The lowest BCUT2D eigenvalue weighted by atomic mass is 10.0. The van der Waals surface area contributed by atoms with E-state index in [2.05, 4.69) is 30.2 Å². The summed E-state index contributed by atoms with van der Waals surface area (Å²) in [6.45, 7) is 5.25. The van der Waals surface area contributed by atoms with E-state index in [1.54, 1.807) is 62.2 Å². The summed E-state index contributed by atoms with van der Waals surface area (Å²) in [6.07, 6.45) is 6.37. The molecule has 1 saturated heterocycles. The minimum absolute atomic E-state index is 0.191. The summed E-state index contributed by atoms with van der Waals surface area (Å²) in [6, 6.07) is 9.98. The number of halogens is 2. The number of amides is 1. The Labute approximate surface area is 216 Å². The summed E-state index contributed by atoms with van der Waals surface area (Å²) >= 11 is 6.43. The predicted molar refractivity (Wildman–Crippen MR) is 139 cm³/mol. The highest BCUT2D eigenvalue weighted by Crippen LogP contribution is 2.36. The van der Waals surface area contributed by atoms with Crippen molar-refractivity contribution < 1.29 is 13.9 Å². The number of hydrogen-bond acceptors (Lipinski definition) is 7. The zero-order chi connectivity index (χ0) is 25.8. The lowest BCUT2D eigenvalue weighted by molar-refractivity contribution is -0.129. The zero-order valence-corrected chi connectivity index (χ0v) is 20.7. The maximum atomic E-state index is 14.8. The van der Waals surface area contributed by atoms with Gasteiger partial charge in [0.05, 0.1) is 34.1 Å². The van der Waals surface area contributed by atoms with Crippen molar-refractivity contribution in [2.24, 2.45) is 0 Å². The monoisotopic (exact) mass is 519 g/mol. The average Bonchev–Trinajstić information content (AvgIpc) is 3.40. The fourth-order valence-electron chi connectivity index (χ4n) is 4.02. The van der Waals surface area contributed by atoms with Gasteiger partial charge in [0.15, 0.2) is 0 Å². The van der Waals surface area contributed by atoms with E-state index in [0.29, 0.717) is 27.4 Å². The van der Waals surface area contributed by atoms with Crippen molar-refractivity contribution in [2.45, 2.75) is 6.92 Å². The highest BCUT2D eigenvalue weighted by molar-refractivity contribution is 6.33. The van der Waals surface area contributed by atoms with Gasteiger partial charge in [-0.3, -0.25) is 9.78 Å². The summed E-state index contributed by atoms with van der Waals surface area (Å²) in [4.78, 5) is 32.2. The maximum Gasteiger partial charge on any atom is 0.321 e. The topological polar surface area (TPSA) is 109 Å². The first-order chi connectivity index (χ1) is 18.0. The predicted octanol–water partition coefficient (Wildman–Crippen LogP) is 4.59. The van der Waals surface area contributed by atoms with Crippen LogP contribution in [0.1, 0.15) is 6.92 Å². The number of piperazine rings is 1. The van der Waals surface area contributed by atoms with Crippen molar-refractivity contribution in [3.8, 4) is 22.9 Å². The smallest absolute Gasteiger partial charge is 0.321 e. The van der Waals surface area contributed by atoms with Crippen molar-refractivity contribution in [3.05, 3.63) is 72.2 Å². The SMILES string of the molecule is CC(=O)N1CCNCC1.Fc1cc2ncc3[nH]cnc3c2cc1-c1ccc(Oc2ncccn2)cc1Cl. The highest BCUT2D eigenvalue weighted by Gasteiger charge is 2.15. The first kappa shape index (κ1) is 24.5. The van der Waals surface area contributed by atoms with Gasteiger partial charge in [0.25, 0.3) is 0 Å². The molecule has 1 amide bonds. The summed E-state index contributed by atoms with van der Waals surface area (Å²) in [7, 11) is 0. The van der Waals surface area contributed by atoms with E-state index in [1.165, 1.54) is 6.07 Å². The molecular formula is C26H23ClFN7O2. The number of nitrogens with one attached hydrogen (secondary N) is 2. The summed E-state index contributed by atoms with van der Waals surface area (Å²) in [5.74, 6) is 0.228. The standard InChI is InChI=1S/C20H11ClFN5O.C6H12N2O/c21-15-6-11(28-20-23-4-1-5-24-20)2-3-12(15)13-7-14-17(8-16(13)22)25-9-18-19(14)27-10-26-18;1-6(9)8-4-2-7-3-5-8/h1-10H,(H,26,27);7H,2-5H2,1H3. The number of ether oxygens (including phenoxy) is 1. The van der Waals surface area contributed by atoms with Gasteiger partial charge in [-0.15, -0.1) is 0 Å². The minimum atomic E-state index is -0.420. The third-order valence-corrected chi connectivity index (χ3v) is 6.20. The number of carbonyl (C=O) groups is 1. The number of H-pyrrole nitrogens is 1. The molecule has 37 heavy (non-hydrogen) atoms. The van der Waals surface area contributed by atoms with E-state index in [0.717, 1.165) is 42.6 Å². The molecule has 0 saturated carbocycles. The second kappa shape index (κ2) is 10.9. The Morgan fingerprint density at radius 1 is 1.05 bits per heavy atom. The van der Waals surface area contributed by atoms with E-state index in [4.69, 9.17) is 16.3 Å². The van der Waals surface area contributed by atoms with E-state index >= 15 is 0 Å². The molecule has 1 fully saturated rings. The number of aromatic amines is 1. The minimum Gasteiger partial charge on any atom is -0.424 e. The van der Waals surface area contributed by atoms with Crippen LogP contribution in [-0.4, -0.2) is 61.9 Å². The third kappa shape index (κ3) is 5.50. The van der Waals surface area contributed by atoms with Crippen LogP contribution in [0.3, 0.4) is 0 Å². The quantitative estimate of drug-likeness (QED) is 0.359. The molecule has 11 heteroatoms. The zero-order valence-electron chi connectivity index (χ0n) is 19.9. The highest BCUT2D eigenvalue weighted by atomic mass is 35.5. The molecule has 4 heterocycles. The number of benzene rings is 2. The van der Waals surface area contributed by atoms with Gasteiger partial charge in [-0.1, -0.05) is 11.6 Å². The lowest BCUT2D eigenvalue weighted by Gasteiger charge is -2.25. The molecule has 1 aliphatic heterocycles. The maximum absolute atomic E-state index is 14.8. The molecule has 2 N–H and O–H groups in total. The van der Waals surface area contributed by atoms with Crippen molar-refractivity contribution >= 4 is 39.4 Å². The van der Waals surface area contributed by atoms with Gasteiger partial charge in [0.1, 0.15) is 11.6 Å². The Kier molecular flexibility index (Phi) is 7.20. The molecule has 3 aromatic heterocycles. The molecule has 0 radical (unpaired) electrons. The van der Waals surface area contributed by atoms with Gasteiger partial charge in [0, 0.05) is 74.1 Å². The summed E-state index contributed by atoms with van der Waals surface area (Å²) in [5, 5.41) is 4.26. The summed E-state index contributed by atoms with van der Waals surface area (Å²) in [5.41, 5.74) is 2.93. The number of hydrogen-bond donors (Lipinski definition) is 2. The Balaban J connectivity index is 0.000000265. The van der Waals surface area contributed by atoms with Crippen LogP contribution >= 0.6 is 11.6 Å². The number of rotatable bonds is 3. The van der Waals surface area contributed by atoms with E-state index in [1.807, 2.05) is 4.90 Å². The van der Waals surface area contributed by atoms with Crippen LogP contribution in [0.4, 0.5) is 4.39 Å². The number of carbonyl (C=O) groups excluding carboxylic acids is 1. The van der Waals surface area contributed by atoms with Gasteiger partial charge in [-0.2, -0.15) is 0 Å². The number of imidazole rings is 1. The fraction of sp³-hybridized carbons (Fsp3) is 0.192. The molecule has 0 aliphatic carbocycles. The number of pyridine rings is 1. The fourth-order valence-corrected chi connectivity index (χ4v) is 4.29. The molecule has 6 rings (SSSR count). The Morgan fingerprint density at radius 3 is 2.54 bits per heavy atom. The van der Waals surface area contributed by atoms with Crippen LogP contribution in [0, 0.1) is 5.82 Å². The van der Waals surface area contributed by atoms with E-state index < -0.39 is 5.82 Å². The van der Waals surface area contributed by atoms with Crippen LogP contribution in [0.25, 0.3) is 33.1 Å². The largest absolute Gasteiger partial charge is 0.424 e. The number of nitrogens with zero attached hydrogens (tertiary/aromatic N) is 5. The third-order valence-electron chi connectivity index (χ3n) is 5.89. The molecule has 2 aromatic carbocycles. The molecule has 5 aromatic rings. The number of fused-ring (bicyclic) bond motifs is 3. The lowest BCUT2D eigenvalue weighted by Crippen LogP contribution is -2.45. The van der Waals surface area contributed by atoms with Gasteiger partial charge in [-0.25, -0.2) is 19.3 Å². The van der Waals surface area contributed by atoms with Crippen molar-refractivity contribution in [2.75, 3.05) is 26.2 Å². The molecule has 9 nitrogen and oxygen atoms in total. The van der Waals surface area contributed by atoms with E-state index in [9.17, 15) is 9.18 Å². The van der Waals surface area contributed by atoms with Crippen LogP contribution in [0.5, 0.6) is 11.8 Å². The molecular weight excluding hydrogens is 497 g/mol. The van der Waals surface area contributed by atoms with E-state index in [-0.39, 0.29) is 11.9 Å². The molecule has 0 unspecified atom stereocenters. The molecule has 0 bridgehead atoms. The van der Waals surface area contributed by atoms with Crippen LogP contribution in [-0.2, 0) is 4.79 Å². The van der Waals surface area contributed by atoms with Gasteiger partial charge in [-0.05, 0) is 24.3 Å².